The van der Waals surface area contributed by atoms with Crippen LogP contribution in [0, 0.1) is 17.6 Å². The van der Waals surface area contributed by atoms with Crippen molar-refractivity contribution in [2.24, 2.45) is 5.92 Å². The van der Waals surface area contributed by atoms with E-state index in [1.165, 1.54) is 11.0 Å². The van der Waals surface area contributed by atoms with E-state index in [9.17, 15) is 18.4 Å². The number of nitrogens with zero attached hydrogens (tertiary/aromatic N) is 1. The van der Waals surface area contributed by atoms with Gasteiger partial charge in [-0.05, 0) is 36.4 Å². The van der Waals surface area contributed by atoms with E-state index in [1.54, 1.807) is 31.4 Å². The molecule has 0 radical (unpaired) electrons. The molecule has 1 saturated heterocycles. The highest BCUT2D eigenvalue weighted by Crippen LogP contribution is 2.23. The van der Waals surface area contributed by atoms with Crippen molar-refractivity contribution in [3.8, 4) is 11.5 Å². The maximum Gasteiger partial charge on any atom is 0.229 e. The van der Waals surface area contributed by atoms with Gasteiger partial charge in [0.1, 0.15) is 35.4 Å². The molecule has 8 heteroatoms. The molecule has 0 aromatic heterocycles. The van der Waals surface area contributed by atoms with Crippen molar-refractivity contribution in [3.63, 3.8) is 0 Å². The van der Waals surface area contributed by atoms with Gasteiger partial charge in [0.25, 0.3) is 0 Å². The van der Waals surface area contributed by atoms with Gasteiger partial charge >= 0.3 is 0 Å². The Balaban J connectivity index is 1.50. The number of hydrogen-bond donors (Lipinski definition) is 1. The maximum absolute atomic E-state index is 13.7. The smallest absolute Gasteiger partial charge is 0.229 e. The second kappa shape index (κ2) is 8.69. The molecule has 1 fully saturated rings. The number of rotatable bonds is 7. The average Bonchev–Trinajstić information content (AvgIpc) is 3.06. The number of hydrogen-bond acceptors (Lipinski definition) is 4. The fraction of sp³-hybridized carbons (Fsp3) is 0.300. The van der Waals surface area contributed by atoms with E-state index in [0.717, 1.165) is 12.1 Å². The maximum atomic E-state index is 13.7. The third-order valence-electron chi connectivity index (χ3n) is 4.49. The largest absolute Gasteiger partial charge is 0.497 e. The summed E-state index contributed by atoms with van der Waals surface area (Å²) in [4.78, 5) is 25.9. The van der Waals surface area contributed by atoms with Crippen molar-refractivity contribution in [1.82, 2.24) is 4.90 Å². The predicted molar refractivity (Wildman–Crippen MR) is 98.2 cm³/mol. The molecule has 3 rings (SSSR count). The van der Waals surface area contributed by atoms with Gasteiger partial charge in [-0.1, -0.05) is 6.07 Å². The number of likely N-dealkylation sites (tertiary alicyclic amines) is 1. The molecule has 0 aliphatic carbocycles. The number of nitrogens with one attached hydrogen (secondary N) is 1. The van der Waals surface area contributed by atoms with E-state index in [4.69, 9.17) is 9.47 Å². The summed E-state index contributed by atoms with van der Waals surface area (Å²) in [5.41, 5.74) is -0.499. The van der Waals surface area contributed by atoms with Crippen molar-refractivity contribution >= 4 is 17.5 Å². The standard InChI is InChI=1S/C20H20F2N2O4/c1-27-14-5-7-15(8-6-14)28-10-9-24-12-13(11-18(24)25)20(26)23-19-16(21)3-2-4-17(19)22/h2-8,13H,9-12H2,1H3,(H,23,26). The summed E-state index contributed by atoms with van der Waals surface area (Å²) in [5, 5.41) is 2.24. The predicted octanol–water partition coefficient (Wildman–Crippen LogP) is 2.84. The molecular formula is C20H20F2N2O4. The summed E-state index contributed by atoms with van der Waals surface area (Å²) < 4.78 is 38.0. The molecule has 0 bridgehead atoms. The first kappa shape index (κ1) is 19.6. The number of carbonyl (C=O) groups is 2. The minimum Gasteiger partial charge on any atom is -0.497 e. The zero-order valence-corrected chi connectivity index (χ0v) is 15.3. The monoisotopic (exact) mass is 390 g/mol. The number of para-hydroxylation sites is 1. The Morgan fingerprint density at radius 1 is 1.14 bits per heavy atom. The van der Waals surface area contributed by atoms with Crippen LogP contribution in [-0.4, -0.2) is 43.5 Å². The molecule has 1 aliphatic heterocycles. The summed E-state index contributed by atoms with van der Waals surface area (Å²) in [6, 6.07) is 10.4. The number of halogens is 2. The van der Waals surface area contributed by atoms with Crippen LogP contribution in [0.5, 0.6) is 11.5 Å². The third kappa shape index (κ3) is 4.57. The second-order valence-corrected chi connectivity index (χ2v) is 6.35. The van der Waals surface area contributed by atoms with Crippen LogP contribution in [0.4, 0.5) is 14.5 Å². The molecule has 0 spiro atoms. The van der Waals surface area contributed by atoms with Gasteiger partial charge in [0, 0.05) is 13.0 Å². The summed E-state index contributed by atoms with van der Waals surface area (Å²) >= 11 is 0. The Hall–Kier alpha value is -3.16. The van der Waals surface area contributed by atoms with E-state index >= 15 is 0 Å². The lowest BCUT2D eigenvalue weighted by atomic mass is 10.1. The van der Waals surface area contributed by atoms with Gasteiger partial charge in [0.2, 0.25) is 11.8 Å². The number of anilines is 1. The lowest BCUT2D eigenvalue weighted by Crippen LogP contribution is -2.31. The van der Waals surface area contributed by atoms with E-state index < -0.39 is 29.1 Å². The normalized spacial score (nSPS) is 16.2. The summed E-state index contributed by atoms with van der Waals surface area (Å²) in [5.74, 6) is -1.83. The molecule has 2 aromatic rings. The highest BCUT2D eigenvalue weighted by Gasteiger charge is 2.34. The minimum atomic E-state index is -0.859. The molecule has 2 amide bonds. The number of benzene rings is 2. The minimum absolute atomic E-state index is 0.00948. The van der Waals surface area contributed by atoms with Gasteiger partial charge in [-0.2, -0.15) is 0 Å². The van der Waals surface area contributed by atoms with Crippen molar-refractivity contribution in [2.45, 2.75) is 6.42 Å². The van der Waals surface area contributed by atoms with E-state index in [0.29, 0.717) is 18.0 Å². The Bertz CT molecular complexity index is 838. The summed E-state index contributed by atoms with van der Waals surface area (Å²) in [7, 11) is 1.57. The van der Waals surface area contributed by atoms with E-state index in [2.05, 4.69) is 5.32 Å². The topological polar surface area (TPSA) is 67.9 Å². The SMILES string of the molecule is COc1ccc(OCCN2CC(C(=O)Nc3c(F)cccc3F)CC2=O)cc1. The van der Waals surface area contributed by atoms with Crippen LogP contribution < -0.4 is 14.8 Å². The van der Waals surface area contributed by atoms with Crippen LogP contribution in [0.25, 0.3) is 0 Å². The summed E-state index contributed by atoms with van der Waals surface area (Å²) in [6.45, 7) is 0.740. The number of amides is 2. The molecular weight excluding hydrogens is 370 g/mol. The van der Waals surface area contributed by atoms with Crippen LogP contribution in [0.15, 0.2) is 42.5 Å². The van der Waals surface area contributed by atoms with Crippen LogP contribution in [-0.2, 0) is 9.59 Å². The number of ether oxygens (including phenoxy) is 2. The first-order valence-corrected chi connectivity index (χ1v) is 8.77. The van der Waals surface area contributed by atoms with Gasteiger partial charge in [-0.3, -0.25) is 9.59 Å². The molecule has 2 aromatic carbocycles. The molecule has 28 heavy (non-hydrogen) atoms. The second-order valence-electron chi connectivity index (χ2n) is 6.35. The lowest BCUT2D eigenvalue weighted by Gasteiger charge is -2.17. The third-order valence-corrected chi connectivity index (χ3v) is 4.49. The van der Waals surface area contributed by atoms with Crippen LogP contribution in [0.3, 0.4) is 0 Å². The first-order chi connectivity index (χ1) is 13.5. The van der Waals surface area contributed by atoms with Crippen LogP contribution >= 0.6 is 0 Å². The molecule has 1 heterocycles. The van der Waals surface area contributed by atoms with Crippen LogP contribution in [0.1, 0.15) is 6.42 Å². The molecule has 1 aliphatic rings. The molecule has 1 N–H and O–H groups in total. The highest BCUT2D eigenvalue weighted by atomic mass is 19.1. The van der Waals surface area contributed by atoms with Crippen LogP contribution in [0.2, 0.25) is 0 Å². The van der Waals surface area contributed by atoms with Gasteiger partial charge < -0.3 is 19.7 Å². The zero-order valence-electron chi connectivity index (χ0n) is 15.3. The lowest BCUT2D eigenvalue weighted by molar-refractivity contribution is -0.128. The molecule has 0 saturated carbocycles. The number of carbonyl (C=O) groups excluding carboxylic acids is 2. The van der Waals surface area contributed by atoms with Crippen molar-refractivity contribution in [3.05, 3.63) is 54.1 Å². The van der Waals surface area contributed by atoms with E-state index in [-0.39, 0.29) is 25.5 Å². The molecule has 1 atom stereocenters. The van der Waals surface area contributed by atoms with E-state index in [1.807, 2.05) is 0 Å². The Labute approximate surface area is 161 Å². The Morgan fingerprint density at radius 3 is 2.43 bits per heavy atom. The van der Waals surface area contributed by atoms with Crippen molar-refractivity contribution < 1.29 is 27.8 Å². The van der Waals surface area contributed by atoms with Gasteiger partial charge in [0.05, 0.1) is 19.6 Å². The molecule has 148 valence electrons. The Morgan fingerprint density at radius 2 is 1.79 bits per heavy atom. The number of methoxy groups -OCH3 is 1. The fourth-order valence-electron chi connectivity index (χ4n) is 2.95. The Kier molecular flexibility index (Phi) is 6.08. The average molecular weight is 390 g/mol. The van der Waals surface area contributed by atoms with Crippen molar-refractivity contribution in [2.75, 3.05) is 32.1 Å². The van der Waals surface area contributed by atoms with Gasteiger partial charge in [-0.25, -0.2) is 8.78 Å². The fourth-order valence-corrected chi connectivity index (χ4v) is 2.95. The van der Waals surface area contributed by atoms with Gasteiger partial charge in [-0.15, -0.1) is 0 Å². The van der Waals surface area contributed by atoms with Crippen molar-refractivity contribution in [1.29, 1.82) is 0 Å². The van der Waals surface area contributed by atoms with Gasteiger partial charge in [0.15, 0.2) is 0 Å². The highest BCUT2D eigenvalue weighted by molar-refractivity contribution is 5.97. The zero-order chi connectivity index (χ0) is 20.1. The quantitative estimate of drug-likeness (QED) is 0.790. The molecule has 6 nitrogen and oxygen atoms in total. The first-order valence-electron chi connectivity index (χ1n) is 8.77. The summed E-state index contributed by atoms with van der Waals surface area (Å²) in [6.07, 6.45) is -0.00948. The molecule has 1 unspecified atom stereocenters.